The van der Waals surface area contributed by atoms with Crippen LogP contribution in [0.2, 0.25) is 25.1 Å². The van der Waals surface area contributed by atoms with E-state index in [-0.39, 0.29) is 46.7 Å². The Morgan fingerprint density at radius 3 is 0.903 bits per heavy atom. The molecule has 7 aromatic rings. The highest BCUT2D eigenvalue weighted by molar-refractivity contribution is 6.37. The molecule has 124 heavy (non-hydrogen) atoms. The Hall–Kier alpha value is -11.3. The molecule has 10 amide bonds. The summed E-state index contributed by atoms with van der Waals surface area (Å²) in [5, 5.41) is -0.607. The minimum atomic E-state index is -5.11. The molecule has 0 aromatic heterocycles. The van der Waals surface area contributed by atoms with E-state index in [4.69, 9.17) is 95.9 Å². The molecule has 0 bridgehead atoms. The number of carbonyl (C=O) groups excluding carboxylic acids is 12. The Morgan fingerprint density at radius 2 is 0.613 bits per heavy atom. The highest BCUT2D eigenvalue weighted by Crippen LogP contribution is 2.45. The maximum atomic E-state index is 15.8. The summed E-state index contributed by atoms with van der Waals surface area (Å²) in [6, 6.07) is 16.8. The summed E-state index contributed by atoms with van der Waals surface area (Å²) in [4.78, 5) is 180. The lowest BCUT2D eigenvalue weighted by molar-refractivity contribution is -0.138. The first-order valence-corrected chi connectivity index (χ1v) is 39.2. The summed E-state index contributed by atoms with van der Waals surface area (Å²) in [6.45, 7) is 27.7. The van der Waals surface area contributed by atoms with E-state index in [9.17, 15) is 64.7 Å². The molecular weight excluding hydrogens is 1740 g/mol. The van der Waals surface area contributed by atoms with Gasteiger partial charge in [0.05, 0.1) is 60.3 Å². The van der Waals surface area contributed by atoms with Crippen molar-refractivity contribution in [3.8, 4) is 23.0 Å². The summed E-state index contributed by atoms with van der Waals surface area (Å²) in [7, 11) is 0. The number of nitrogens with zero attached hydrogens (tertiary/aromatic N) is 6. The number of ether oxygens (including phenoxy) is 8. The first kappa shape index (κ1) is 99.8. The molecule has 0 fully saturated rings. The number of Topliss-reactive ketones (excluding diaryl/α,β-unsaturated/α-hetero) is 2. The molecule has 2 N–H and O–H groups in total. The van der Waals surface area contributed by atoms with Gasteiger partial charge >= 0.3 is 48.9 Å². The smallest absolute Gasteiger partial charge is 0.429 e. The average molecular weight is 1830 g/mol. The molecule has 0 heterocycles. The van der Waals surface area contributed by atoms with E-state index in [2.05, 4.69) is 10.9 Å². The third kappa shape index (κ3) is 26.9. The fourth-order valence-corrected chi connectivity index (χ4v) is 11.7. The van der Waals surface area contributed by atoms with Crippen LogP contribution in [-0.4, -0.2) is 117 Å². The normalized spacial score (nSPS) is 12.6. The number of benzene rings is 7. The molecule has 0 aliphatic rings. The third-order valence-corrected chi connectivity index (χ3v) is 17.3. The Morgan fingerprint density at radius 1 is 0.323 bits per heavy atom. The van der Waals surface area contributed by atoms with E-state index in [0.29, 0.717) is 34.3 Å². The lowest BCUT2D eigenvalue weighted by Crippen LogP contribution is -2.60. The number of hydrogen-bond acceptors (Lipinski definition) is 22. The van der Waals surface area contributed by atoms with Crippen LogP contribution in [0.5, 0.6) is 23.0 Å². The van der Waals surface area contributed by atoms with Gasteiger partial charge in [-0.2, -0.15) is 26.3 Å². The van der Waals surface area contributed by atoms with Crippen LogP contribution in [0.3, 0.4) is 0 Å². The van der Waals surface area contributed by atoms with E-state index in [1.54, 1.807) is 0 Å². The topological polar surface area (TPSA) is 322 Å². The van der Waals surface area contributed by atoms with Crippen molar-refractivity contribution in [3.05, 3.63) is 186 Å². The number of rotatable bonds is 20. The van der Waals surface area contributed by atoms with Gasteiger partial charge in [0.15, 0.2) is 35.1 Å². The minimum absolute atomic E-state index is 0.0327. The largest absolute Gasteiger partial charge is 0.455 e. The Kier molecular flexibility index (Phi) is 31.0. The SMILES string of the molecule is CC(=O)C(NN(C(=O)OC(C)(C)C)c1cc(C(=O)N(C(=O)OC(C)(C)C)c2cc(C(F)(F)F)ccc2Oc2ccc(Cl)cc2)ccc1Cl)C(=O)N(C(=O)OC(C)(C)C)c1cc(Cl)c(N(C(=O)OC(C)(C)C)C(=O)C(NN(C(=O)OC(C)(C)C)c2cc(C(=O)N(C(=O)OC(C)(C)C)c3cc(C(F)(F)F)ccc3Oc3ccc(Cl)cc3)ccc2Cl)C(C)=O)cc1C. The second-order valence-corrected chi connectivity index (χ2v) is 35.5. The van der Waals surface area contributed by atoms with Gasteiger partial charge in [0.25, 0.3) is 23.6 Å². The van der Waals surface area contributed by atoms with Crippen LogP contribution >= 0.6 is 58.0 Å². The average Bonchev–Trinajstić information content (AvgIpc) is 0.773. The third-order valence-electron chi connectivity index (χ3n) is 15.9. The second kappa shape index (κ2) is 38.5. The summed E-state index contributed by atoms with van der Waals surface area (Å²) in [6.07, 6.45) is -19.6. The number of alkyl halides is 6. The molecule has 39 heteroatoms. The van der Waals surface area contributed by atoms with Crippen LogP contribution in [0.1, 0.15) is 176 Å². The maximum absolute atomic E-state index is 15.8. The van der Waals surface area contributed by atoms with Crippen LogP contribution in [0, 0.1) is 6.92 Å². The maximum Gasteiger partial charge on any atom is 0.429 e. The van der Waals surface area contributed by atoms with Crippen LogP contribution in [-0.2, 0) is 60.0 Å². The number of imide groups is 4. The second-order valence-electron chi connectivity index (χ2n) is 33.4. The fraction of sp³-hybridized carbons (Fsp3) is 0.365. The predicted molar refractivity (Wildman–Crippen MR) is 451 cm³/mol. The molecule has 7 aromatic carbocycles. The van der Waals surface area contributed by atoms with E-state index in [1.807, 2.05) is 0 Å². The number of hydrazine groups is 2. The minimum Gasteiger partial charge on any atom is -0.455 e. The summed E-state index contributed by atoms with van der Waals surface area (Å²) in [5.41, 5.74) is -12.9. The van der Waals surface area contributed by atoms with Crippen molar-refractivity contribution in [1.29, 1.82) is 0 Å². The molecule has 0 aliphatic heterocycles. The number of anilines is 6. The molecular formula is C85H89Cl5F6N8O20. The molecule has 0 radical (unpaired) electrons. The van der Waals surface area contributed by atoms with Crippen molar-refractivity contribution < 1.29 is 122 Å². The molecule has 28 nitrogen and oxygen atoms in total. The number of amides is 10. The monoisotopic (exact) mass is 1830 g/mol. The first-order valence-electron chi connectivity index (χ1n) is 37.3. The van der Waals surface area contributed by atoms with Crippen molar-refractivity contribution in [2.75, 3.05) is 29.6 Å². The zero-order chi connectivity index (χ0) is 93.7. The van der Waals surface area contributed by atoms with Crippen molar-refractivity contribution in [2.24, 2.45) is 0 Å². The summed E-state index contributed by atoms with van der Waals surface area (Å²) in [5.74, 6) is -9.79. The van der Waals surface area contributed by atoms with E-state index < -0.39 is 213 Å². The molecule has 0 saturated carbocycles. The Labute approximate surface area is 734 Å². The van der Waals surface area contributed by atoms with E-state index in [1.165, 1.54) is 180 Å². The molecule has 2 atom stereocenters. The van der Waals surface area contributed by atoms with Gasteiger partial charge in [-0.1, -0.05) is 58.0 Å². The van der Waals surface area contributed by atoms with Gasteiger partial charge in [0, 0.05) is 21.2 Å². The quantitative estimate of drug-likeness (QED) is 0.0310. The highest BCUT2D eigenvalue weighted by Gasteiger charge is 2.46. The molecule has 0 spiro atoms. The molecule has 2 unspecified atom stereocenters. The molecule has 666 valence electrons. The van der Waals surface area contributed by atoms with Gasteiger partial charge in [0.2, 0.25) is 0 Å². The van der Waals surface area contributed by atoms with Crippen LogP contribution in [0.4, 0.5) is 89.2 Å². The van der Waals surface area contributed by atoms with Crippen LogP contribution < -0.4 is 49.9 Å². The van der Waals surface area contributed by atoms with Gasteiger partial charge in [-0.05, 0) is 284 Å². The van der Waals surface area contributed by atoms with Gasteiger partial charge in [-0.15, -0.1) is 0 Å². The van der Waals surface area contributed by atoms with E-state index >= 15 is 19.2 Å². The van der Waals surface area contributed by atoms with Gasteiger partial charge in [-0.3, -0.25) is 28.8 Å². The lowest BCUT2D eigenvalue weighted by atomic mass is 10.1. The van der Waals surface area contributed by atoms with Gasteiger partial charge in [0.1, 0.15) is 45.1 Å². The molecule has 0 saturated heterocycles. The predicted octanol–water partition coefficient (Wildman–Crippen LogP) is 22.4. The van der Waals surface area contributed by atoms with Crippen LogP contribution in [0.25, 0.3) is 0 Å². The first-order chi connectivity index (χ1) is 56.7. The summed E-state index contributed by atoms with van der Waals surface area (Å²) < 4.78 is 134. The number of carbonyl (C=O) groups is 12. The standard InChI is InChI=1S/C85H89Cl5F6N8O20/c1-44-38-59(100(73(112)120-79(7,8)9)71(110)67(46(3)106)98-104(77(116)124-83(19,20)21)61-40-48(23-35-56(61)89)69(108)102(75(114)122-81(13,14)15)63-42-50(85(94,95)96)25-37-65(63)118-54-32-28-52(87)29-33-54)57(90)43-58(44)99(72(111)119-78(4,5)6)70(109)66(45(2)105)97-103(76(115)123-82(16,17)18)60-39-47(22-34-55(60)88)68(107)101(74(113)121-80(10,11)12)62-41-49(84(91,92)93)24-36-64(62)117-53-30-26-51(86)27-31-53/h22-43,66-67,97-98H,1-21H3. The van der Waals surface area contributed by atoms with Crippen molar-refractivity contribution in [1.82, 2.24) is 10.9 Å². The van der Waals surface area contributed by atoms with Crippen LogP contribution in [0.15, 0.2) is 133 Å². The van der Waals surface area contributed by atoms with Crippen molar-refractivity contribution in [3.63, 3.8) is 0 Å². The molecule has 0 aliphatic carbocycles. The van der Waals surface area contributed by atoms with E-state index in [0.717, 1.165) is 74.5 Å². The Bertz CT molecular complexity index is 4980. The number of ketones is 2. The lowest BCUT2D eigenvalue weighted by Gasteiger charge is -2.34. The highest BCUT2D eigenvalue weighted by atomic mass is 35.5. The molecule has 7 rings (SSSR count). The number of aryl methyl sites for hydroxylation is 1. The zero-order valence-corrected chi connectivity index (χ0v) is 74.6. The van der Waals surface area contributed by atoms with Crippen molar-refractivity contribution in [2.45, 2.75) is 203 Å². The fourth-order valence-electron chi connectivity index (χ4n) is 10.8. The van der Waals surface area contributed by atoms with Gasteiger partial charge in [-0.25, -0.2) is 69.2 Å². The summed E-state index contributed by atoms with van der Waals surface area (Å²) >= 11 is 33.1. The van der Waals surface area contributed by atoms with Crippen molar-refractivity contribution >= 4 is 164 Å². The number of halogens is 11. The van der Waals surface area contributed by atoms with Gasteiger partial charge < -0.3 is 37.9 Å². The Balaban J connectivity index is 1.39. The number of hydrogen-bond donors (Lipinski definition) is 2. The number of nitrogens with one attached hydrogen (secondary N) is 2. The zero-order valence-electron chi connectivity index (χ0n) is 70.9.